The molecule has 0 radical (unpaired) electrons. The molecule has 0 fully saturated rings. The molecule has 0 saturated carbocycles. The summed E-state index contributed by atoms with van der Waals surface area (Å²) in [6.07, 6.45) is 1.72. The largest absolute Gasteiger partial charge is 0.495 e. The molecule has 0 N–H and O–H groups in total. The zero-order valence-electron chi connectivity index (χ0n) is 7.12. The first-order chi connectivity index (χ1) is 6.33. The third-order valence-corrected chi connectivity index (χ3v) is 2.26. The highest BCUT2D eigenvalue weighted by atomic mass is 35.5. The maximum absolute atomic E-state index is 6.05. The van der Waals surface area contributed by atoms with Gasteiger partial charge in [0.25, 0.3) is 0 Å². The number of benzene rings is 1. The standard InChI is InChI=1S/C10H8ClNO/c1-13-8-5-4-7-3-2-6-12-10(7)9(8)11/h2-6H,1H3. The van der Waals surface area contributed by atoms with E-state index in [0.717, 1.165) is 10.9 Å². The van der Waals surface area contributed by atoms with Gasteiger partial charge in [-0.1, -0.05) is 17.7 Å². The van der Waals surface area contributed by atoms with Gasteiger partial charge in [-0.25, -0.2) is 0 Å². The Kier molecular flexibility index (Phi) is 2.07. The molecule has 13 heavy (non-hydrogen) atoms. The van der Waals surface area contributed by atoms with Crippen LogP contribution in [-0.2, 0) is 0 Å². The van der Waals surface area contributed by atoms with Crippen LogP contribution in [0.3, 0.4) is 0 Å². The highest BCUT2D eigenvalue weighted by Gasteiger charge is 2.05. The molecule has 1 aromatic carbocycles. The molecule has 0 amide bonds. The van der Waals surface area contributed by atoms with Gasteiger partial charge in [-0.15, -0.1) is 0 Å². The van der Waals surface area contributed by atoms with Crippen LogP contribution >= 0.6 is 11.6 Å². The lowest BCUT2D eigenvalue weighted by molar-refractivity contribution is 0.415. The van der Waals surface area contributed by atoms with Crippen LogP contribution in [0.15, 0.2) is 30.5 Å². The molecule has 0 aliphatic heterocycles. The minimum Gasteiger partial charge on any atom is -0.495 e. The van der Waals surface area contributed by atoms with Crippen molar-refractivity contribution in [3.63, 3.8) is 0 Å². The number of halogens is 1. The van der Waals surface area contributed by atoms with E-state index in [1.165, 1.54) is 0 Å². The van der Waals surface area contributed by atoms with Crippen molar-refractivity contribution in [3.8, 4) is 5.75 Å². The van der Waals surface area contributed by atoms with E-state index >= 15 is 0 Å². The average Bonchev–Trinajstić information content (AvgIpc) is 2.19. The molecule has 1 heterocycles. The molecule has 0 spiro atoms. The molecule has 0 aliphatic carbocycles. The van der Waals surface area contributed by atoms with Crippen molar-refractivity contribution in [3.05, 3.63) is 35.5 Å². The Morgan fingerprint density at radius 1 is 1.31 bits per heavy atom. The second-order valence-corrected chi connectivity index (χ2v) is 3.03. The molecule has 0 atom stereocenters. The van der Waals surface area contributed by atoms with Gasteiger partial charge in [-0.3, -0.25) is 4.98 Å². The molecule has 2 rings (SSSR count). The van der Waals surface area contributed by atoms with Crippen LogP contribution in [0.2, 0.25) is 5.02 Å². The van der Waals surface area contributed by atoms with Gasteiger partial charge < -0.3 is 4.74 Å². The summed E-state index contributed by atoms with van der Waals surface area (Å²) >= 11 is 6.05. The number of fused-ring (bicyclic) bond motifs is 1. The number of nitrogens with zero attached hydrogens (tertiary/aromatic N) is 1. The fourth-order valence-electron chi connectivity index (χ4n) is 1.25. The summed E-state index contributed by atoms with van der Waals surface area (Å²) in [5.41, 5.74) is 0.781. The summed E-state index contributed by atoms with van der Waals surface area (Å²) < 4.78 is 5.08. The first-order valence-corrected chi connectivity index (χ1v) is 4.28. The van der Waals surface area contributed by atoms with Crippen molar-refractivity contribution >= 4 is 22.5 Å². The summed E-state index contributed by atoms with van der Waals surface area (Å²) in [6, 6.07) is 7.62. The molecule has 1 aromatic heterocycles. The summed E-state index contributed by atoms with van der Waals surface area (Å²) in [4.78, 5) is 4.18. The van der Waals surface area contributed by atoms with Crippen molar-refractivity contribution < 1.29 is 4.74 Å². The van der Waals surface area contributed by atoms with Crippen molar-refractivity contribution in [2.45, 2.75) is 0 Å². The van der Waals surface area contributed by atoms with Crippen molar-refractivity contribution in [1.29, 1.82) is 0 Å². The van der Waals surface area contributed by atoms with Crippen LogP contribution in [0.25, 0.3) is 10.9 Å². The van der Waals surface area contributed by atoms with Crippen molar-refractivity contribution in [2.75, 3.05) is 7.11 Å². The lowest BCUT2D eigenvalue weighted by atomic mass is 10.2. The van der Waals surface area contributed by atoms with Gasteiger partial charge in [0, 0.05) is 11.6 Å². The first kappa shape index (κ1) is 8.32. The Hall–Kier alpha value is -1.28. The van der Waals surface area contributed by atoms with Crippen LogP contribution in [0.4, 0.5) is 0 Å². The van der Waals surface area contributed by atoms with Crippen LogP contribution in [0.1, 0.15) is 0 Å². The summed E-state index contributed by atoms with van der Waals surface area (Å²) in [7, 11) is 1.59. The third kappa shape index (κ3) is 1.33. The Labute approximate surface area is 81.1 Å². The summed E-state index contributed by atoms with van der Waals surface area (Å²) in [6.45, 7) is 0. The predicted molar refractivity (Wildman–Crippen MR) is 53.3 cm³/mol. The second kappa shape index (κ2) is 3.23. The van der Waals surface area contributed by atoms with E-state index in [-0.39, 0.29) is 0 Å². The van der Waals surface area contributed by atoms with E-state index in [1.807, 2.05) is 24.3 Å². The van der Waals surface area contributed by atoms with E-state index in [4.69, 9.17) is 16.3 Å². The number of hydrogen-bond donors (Lipinski definition) is 0. The van der Waals surface area contributed by atoms with Crippen LogP contribution in [0.5, 0.6) is 5.75 Å². The normalized spacial score (nSPS) is 10.3. The number of aromatic nitrogens is 1. The SMILES string of the molecule is COc1ccc2cccnc2c1Cl. The Balaban J connectivity index is 2.79. The van der Waals surface area contributed by atoms with Gasteiger partial charge in [0.2, 0.25) is 0 Å². The number of ether oxygens (including phenoxy) is 1. The van der Waals surface area contributed by atoms with Gasteiger partial charge in [0.15, 0.2) is 0 Å². The molecule has 3 heteroatoms. The minimum absolute atomic E-state index is 0.570. The Morgan fingerprint density at radius 2 is 2.15 bits per heavy atom. The molecule has 0 saturated heterocycles. The van der Waals surface area contributed by atoms with E-state index in [1.54, 1.807) is 13.3 Å². The zero-order chi connectivity index (χ0) is 9.26. The maximum Gasteiger partial charge on any atom is 0.139 e. The van der Waals surface area contributed by atoms with E-state index in [0.29, 0.717) is 10.8 Å². The third-order valence-electron chi connectivity index (χ3n) is 1.90. The second-order valence-electron chi connectivity index (χ2n) is 2.66. The van der Waals surface area contributed by atoms with Crippen LogP contribution in [0, 0.1) is 0 Å². The quantitative estimate of drug-likeness (QED) is 0.695. The maximum atomic E-state index is 6.05. The molecule has 0 aliphatic rings. The highest BCUT2D eigenvalue weighted by Crippen LogP contribution is 2.30. The molecule has 2 nitrogen and oxygen atoms in total. The van der Waals surface area contributed by atoms with E-state index < -0.39 is 0 Å². The summed E-state index contributed by atoms with van der Waals surface area (Å²) in [5, 5.41) is 1.59. The smallest absolute Gasteiger partial charge is 0.139 e. The van der Waals surface area contributed by atoms with E-state index in [2.05, 4.69) is 4.98 Å². The van der Waals surface area contributed by atoms with Crippen LogP contribution in [-0.4, -0.2) is 12.1 Å². The van der Waals surface area contributed by atoms with Crippen molar-refractivity contribution in [1.82, 2.24) is 4.98 Å². The van der Waals surface area contributed by atoms with Crippen molar-refractivity contribution in [2.24, 2.45) is 0 Å². The molecule has 2 aromatic rings. The fourth-order valence-corrected chi connectivity index (χ4v) is 1.55. The predicted octanol–water partition coefficient (Wildman–Crippen LogP) is 2.90. The average molecular weight is 194 g/mol. The van der Waals surface area contributed by atoms with Crippen LogP contribution < -0.4 is 4.74 Å². The number of methoxy groups -OCH3 is 1. The monoisotopic (exact) mass is 193 g/mol. The highest BCUT2D eigenvalue weighted by molar-refractivity contribution is 6.36. The number of hydrogen-bond acceptors (Lipinski definition) is 2. The topological polar surface area (TPSA) is 22.1 Å². The van der Waals surface area contributed by atoms with Gasteiger partial charge >= 0.3 is 0 Å². The first-order valence-electron chi connectivity index (χ1n) is 3.90. The number of pyridine rings is 1. The lowest BCUT2D eigenvalue weighted by Gasteiger charge is -2.04. The van der Waals surface area contributed by atoms with Gasteiger partial charge in [0.1, 0.15) is 10.8 Å². The fraction of sp³-hybridized carbons (Fsp3) is 0.100. The molecule has 0 bridgehead atoms. The minimum atomic E-state index is 0.570. The Morgan fingerprint density at radius 3 is 2.92 bits per heavy atom. The molecule has 0 unspecified atom stereocenters. The zero-order valence-corrected chi connectivity index (χ0v) is 7.88. The molecule has 66 valence electrons. The Bertz CT molecular complexity index is 442. The van der Waals surface area contributed by atoms with E-state index in [9.17, 15) is 0 Å². The molecular formula is C10H8ClNO. The summed E-state index contributed by atoms with van der Waals surface area (Å²) in [5.74, 6) is 0.660. The van der Waals surface area contributed by atoms with Gasteiger partial charge in [0.05, 0.1) is 12.6 Å². The molecular weight excluding hydrogens is 186 g/mol. The lowest BCUT2D eigenvalue weighted by Crippen LogP contribution is -1.86. The number of rotatable bonds is 1. The van der Waals surface area contributed by atoms with Gasteiger partial charge in [-0.05, 0) is 18.2 Å². The van der Waals surface area contributed by atoms with Gasteiger partial charge in [-0.2, -0.15) is 0 Å².